The molecule has 136 valence electrons. The van der Waals surface area contributed by atoms with Crippen LogP contribution in [0.1, 0.15) is 16.2 Å². The summed E-state index contributed by atoms with van der Waals surface area (Å²) in [6.45, 7) is 0.209. The van der Waals surface area contributed by atoms with Gasteiger partial charge in [0.05, 0.1) is 22.9 Å². The first-order chi connectivity index (χ1) is 12.4. The third-order valence-corrected chi connectivity index (χ3v) is 5.69. The molecule has 10 heteroatoms. The average molecular weight is 414 g/mol. The number of anilines is 1. The molecule has 1 aromatic carbocycles. The Bertz CT molecular complexity index is 1010. The summed E-state index contributed by atoms with van der Waals surface area (Å²) in [5, 5.41) is 2.63. The predicted octanol–water partition coefficient (Wildman–Crippen LogP) is 3.65. The van der Waals surface area contributed by atoms with Crippen LogP contribution < -0.4 is 10.0 Å². The normalized spacial score (nSPS) is 11.3. The lowest BCUT2D eigenvalue weighted by Crippen LogP contribution is -2.23. The molecule has 3 rings (SSSR count). The Labute approximate surface area is 159 Å². The lowest BCUT2D eigenvalue weighted by Gasteiger charge is -2.09. The largest absolute Gasteiger partial charge is 0.467 e. The van der Waals surface area contributed by atoms with Crippen molar-refractivity contribution >= 4 is 45.0 Å². The Hall–Kier alpha value is -2.42. The molecule has 0 unspecified atom stereocenters. The highest BCUT2D eigenvalue weighted by Crippen LogP contribution is 2.30. The summed E-state index contributed by atoms with van der Waals surface area (Å²) in [5.74, 6) is 0.283. The molecular weight excluding hydrogens is 401 g/mol. The Morgan fingerprint density at radius 1 is 1.08 bits per heavy atom. The van der Waals surface area contributed by atoms with Gasteiger partial charge in [-0.05, 0) is 36.4 Å². The van der Waals surface area contributed by atoms with Crippen LogP contribution >= 0.6 is 23.2 Å². The monoisotopic (exact) mass is 413 g/mol. The first-order valence-electron chi connectivity index (χ1n) is 7.33. The van der Waals surface area contributed by atoms with E-state index in [1.54, 1.807) is 18.2 Å². The van der Waals surface area contributed by atoms with E-state index in [2.05, 4.69) is 15.0 Å². The summed E-state index contributed by atoms with van der Waals surface area (Å²) in [6, 6.07) is 10.7. The van der Waals surface area contributed by atoms with Gasteiger partial charge in [-0.25, -0.2) is 8.42 Å². The van der Waals surface area contributed by atoms with E-state index in [0.29, 0.717) is 5.76 Å². The SMILES string of the molecule is O=C(NCc1ccco1)c1ccc(NS(=O)(=O)c2c(Cl)cccc2Cl)[nH]1. The highest BCUT2D eigenvalue weighted by Gasteiger charge is 2.22. The van der Waals surface area contributed by atoms with Crippen LogP contribution in [-0.4, -0.2) is 19.3 Å². The van der Waals surface area contributed by atoms with Gasteiger partial charge in [-0.3, -0.25) is 9.52 Å². The summed E-state index contributed by atoms with van der Waals surface area (Å²) < 4.78 is 32.4. The van der Waals surface area contributed by atoms with Gasteiger partial charge in [0.15, 0.2) is 0 Å². The number of benzene rings is 1. The van der Waals surface area contributed by atoms with Gasteiger partial charge in [0.1, 0.15) is 22.2 Å². The second-order valence-electron chi connectivity index (χ2n) is 5.20. The van der Waals surface area contributed by atoms with E-state index in [-0.39, 0.29) is 33.0 Å². The number of aromatic amines is 1. The maximum atomic E-state index is 12.5. The fourth-order valence-corrected chi connectivity index (χ4v) is 4.36. The van der Waals surface area contributed by atoms with Gasteiger partial charge in [0.25, 0.3) is 15.9 Å². The van der Waals surface area contributed by atoms with Crippen molar-refractivity contribution < 1.29 is 17.6 Å². The molecule has 0 atom stereocenters. The van der Waals surface area contributed by atoms with Crippen molar-refractivity contribution in [2.45, 2.75) is 11.4 Å². The molecule has 2 aromatic heterocycles. The second kappa shape index (κ2) is 7.45. The summed E-state index contributed by atoms with van der Waals surface area (Å²) in [4.78, 5) is 14.5. The molecule has 0 fully saturated rings. The van der Waals surface area contributed by atoms with Gasteiger partial charge in [-0.2, -0.15) is 0 Å². The Balaban J connectivity index is 1.72. The number of furan rings is 1. The second-order valence-corrected chi connectivity index (χ2v) is 7.64. The molecule has 0 saturated carbocycles. The van der Waals surface area contributed by atoms with Gasteiger partial charge in [0, 0.05) is 0 Å². The number of carbonyl (C=O) groups excluding carboxylic acids is 1. The van der Waals surface area contributed by atoms with Crippen LogP contribution in [0.3, 0.4) is 0 Å². The smallest absolute Gasteiger partial charge is 0.268 e. The number of hydrogen-bond acceptors (Lipinski definition) is 4. The zero-order valence-electron chi connectivity index (χ0n) is 13.1. The van der Waals surface area contributed by atoms with E-state index >= 15 is 0 Å². The molecule has 1 amide bonds. The van der Waals surface area contributed by atoms with Crippen LogP contribution in [0.25, 0.3) is 0 Å². The number of hydrogen-bond donors (Lipinski definition) is 3. The molecule has 0 saturated heterocycles. The first kappa shape index (κ1) is 18.4. The minimum Gasteiger partial charge on any atom is -0.467 e. The molecule has 2 heterocycles. The van der Waals surface area contributed by atoms with E-state index in [4.69, 9.17) is 27.6 Å². The topological polar surface area (TPSA) is 104 Å². The fraction of sp³-hybridized carbons (Fsp3) is 0.0625. The van der Waals surface area contributed by atoms with Crippen LogP contribution in [0.5, 0.6) is 0 Å². The maximum absolute atomic E-state index is 12.5. The third-order valence-electron chi connectivity index (χ3n) is 3.37. The quantitative estimate of drug-likeness (QED) is 0.573. The van der Waals surface area contributed by atoms with Crippen LogP contribution in [0.2, 0.25) is 10.0 Å². The molecule has 3 N–H and O–H groups in total. The molecule has 26 heavy (non-hydrogen) atoms. The Morgan fingerprint density at radius 3 is 2.46 bits per heavy atom. The zero-order valence-corrected chi connectivity index (χ0v) is 15.5. The first-order valence-corrected chi connectivity index (χ1v) is 9.57. The highest BCUT2D eigenvalue weighted by molar-refractivity contribution is 7.93. The van der Waals surface area contributed by atoms with Crippen LogP contribution in [-0.2, 0) is 16.6 Å². The van der Waals surface area contributed by atoms with E-state index in [1.165, 1.54) is 30.5 Å². The average Bonchev–Trinajstić information content (AvgIpc) is 3.23. The number of sulfonamides is 1. The summed E-state index contributed by atoms with van der Waals surface area (Å²) in [6.07, 6.45) is 1.50. The van der Waals surface area contributed by atoms with Gasteiger partial charge in [-0.15, -0.1) is 0 Å². The van der Waals surface area contributed by atoms with Crippen LogP contribution in [0.15, 0.2) is 58.0 Å². The van der Waals surface area contributed by atoms with Gasteiger partial charge in [0.2, 0.25) is 0 Å². The number of halogens is 2. The highest BCUT2D eigenvalue weighted by atomic mass is 35.5. The molecule has 0 aliphatic rings. The van der Waals surface area contributed by atoms with Gasteiger partial charge >= 0.3 is 0 Å². The lowest BCUT2D eigenvalue weighted by molar-refractivity contribution is 0.0943. The van der Waals surface area contributed by atoms with Crippen LogP contribution in [0.4, 0.5) is 5.82 Å². The number of carbonyl (C=O) groups is 1. The van der Waals surface area contributed by atoms with Crippen molar-refractivity contribution in [2.75, 3.05) is 4.72 Å². The Kier molecular flexibility index (Phi) is 5.26. The Morgan fingerprint density at radius 2 is 1.81 bits per heavy atom. The van der Waals surface area contributed by atoms with E-state index < -0.39 is 15.9 Å². The standard InChI is InChI=1S/C16H13Cl2N3O4S/c17-11-4-1-5-12(18)15(11)26(23,24)21-14-7-6-13(20-14)16(22)19-9-10-3-2-8-25-10/h1-8,20-21H,9H2,(H,19,22). The minimum atomic E-state index is -4.03. The van der Waals surface area contributed by atoms with Crippen molar-refractivity contribution in [3.63, 3.8) is 0 Å². The van der Waals surface area contributed by atoms with Crippen molar-refractivity contribution in [3.05, 3.63) is 70.2 Å². The molecule has 0 aliphatic carbocycles. The minimum absolute atomic E-state index is 0.00651. The molecular formula is C16H13Cl2N3O4S. The number of nitrogens with one attached hydrogen (secondary N) is 3. The number of aromatic nitrogens is 1. The van der Waals surface area contributed by atoms with Crippen molar-refractivity contribution in [3.8, 4) is 0 Å². The maximum Gasteiger partial charge on any atom is 0.268 e. The number of H-pyrrole nitrogens is 1. The summed E-state index contributed by atoms with van der Waals surface area (Å²) in [7, 11) is -4.03. The summed E-state index contributed by atoms with van der Waals surface area (Å²) >= 11 is 11.9. The van der Waals surface area contributed by atoms with Gasteiger partial charge in [-0.1, -0.05) is 29.3 Å². The molecule has 3 aromatic rings. The number of rotatable bonds is 6. The van der Waals surface area contributed by atoms with Crippen LogP contribution in [0, 0.1) is 0 Å². The van der Waals surface area contributed by atoms with Crippen molar-refractivity contribution in [1.29, 1.82) is 0 Å². The van der Waals surface area contributed by atoms with Crippen molar-refractivity contribution in [1.82, 2.24) is 10.3 Å². The molecule has 0 bridgehead atoms. The molecule has 0 aliphatic heterocycles. The molecule has 7 nitrogen and oxygen atoms in total. The molecule has 0 spiro atoms. The lowest BCUT2D eigenvalue weighted by atomic mass is 10.4. The molecule has 0 radical (unpaired) electrons. The third kappa shape index (κ3) is 4.04. The fourth-order valence-electron chi connectivity index (χ4n) is 2.20. The number of amides is 1. The van der Waals surface area contributed by atoms with E-state index in [1.807, 2.05) is 0 Å². The summed E-state index contributed by atoms with van der Waals surface area (Å²) in [5.41, 5.74) is 0.180. The van der Waals surface area contributed by atoms with E-state index in [0.717, 1.165) is 0 Å². The van der Waals surface area contributed by atoms with E-state index in [9.17, 15) is 13.2 Å². The zero-order chi connectivity index (χ0) is 18.7. The predicted molar refractivity (Wildman–Crippen MR) is 97.9 cm³/mol. The van der Waals surface area contributed by atoms with Gasteiger partial charge < -0.3 is 14.7 Å². The van der Waals surface area contributed by atoms with Crippen molar-refractivity contribution in [2.24, 2.45) is 0 Å².